The third kappa shape index (κ3) is 5.64. The lowest BCUT2D eigenvalue weighted by Crippen LogP contribution is -2.53. The van der Waals surface area contributed by atoms with Crippen LogP contribution in [0.15, 0.2) is 68.7 Å². The fourth-order valence-corrected chi connectivity index (χ4v) is 6.69. The average Bonchev–Trinajstić information content (AvgIpc) is 3.60. The van der Waals surface area contributed by atoms with Crippen molar-refractivity contribution >= 4 is 46.4 Å². The lowest BCUT2D eigenvalue weighted by molar-refractivity contribution is -0.152. The van der Waals surface area contributed by atoms with Crippen LogP contribution in [-0.2, 0) is 58.8 Å². The minimum atomic E-state index is -2.20. The standard InChI is InChI=1S/C38H44N2O10/c1-11-45-31(41)25-27(33(43)47-13-3)37(49-29(25)39-35(5,6)7)22-19-15-17-21-18-16-20-23(24(21)22)38(37)28(34(44)48-14-4)26(32(42)46-12-2)30(50-38)40-36(8,9)10/h15-20H,11-14H2,1-10H3/t37-,38-/m0/s1. The van der Waals surface area contributed by atoms with Gasteiger partial charge in [0.05, 0.1) is 37.5 Å². The second-order valence-electron chi connectivity index (χ2n) is 13.8. The van der Waals surface area contributed by atoms with Gasteiger partial charge in [-0.1, -0.05) is 36.4 Å². The molecule has 2 aliphatic heterocycles. The zero-order valence-electron chi connectivity index (χ0n) is 30.3. The smallest absolute Gasteiger partial charge is 0.344 e. The lowest BCUT2D eigenvalue weighted by atomic mass is 9.70. The van der Waals surface area contributed by atoms with Crippen molar-refractivity contribution < 1.29 is 47.6 Å². The predicted octanol–water partition coefficient (Wildman–Crippen LogP) is 5.54. The molecule has 0 saturated carbocycles. The van der Waals surface area contributed by atoms with E-state index >= 15 is 0 Å². The third-order valence-corrected chi connectivity index (χ3v) is 8.08. The molecule has 12 heteroatoms. The molecule has 0 unspecified atom stereocenters. The number of carbonyl (C=O) groups is 4. The Hall–Kier alpha value is -5.00. The Morgan fingerprint density at radius 1 is 0.580 bits per heavy atom. The van der Waals surface area contributed by atoms with Crippen LogP contribution in [0.1, 0.15) is 80.4 Å². The summed E-state index contributed by atoms with van der Waals surface area (Å²) in [7, 11) is 0. The first-order chi connectivity index (χ1) is 23.5. The summed E-state index contributed by atoms with van der Waals surface area (Å²) in [6, 6.07) is 10.7. The van der Waals surface area contributed by atoms with Gasteiger partial charge in [-0.15, -0.1) is 0 Å². The van der Waals surface area contributed by atoms with Crippen LogP contribution in [0.3, 0.4) is 0 Å². The summed E-state index contributed by atoms with van der Waals surface area (Å²) in [6.07, 6.45) is 0. The van der Waals surface area contributed by atoms with E-state index in [9.17, 15) is 19.2 Å². The number of carbonyl (C=O) groups excluding carboxylic acids is 4. The Morgan fingerprint density at radius 2 is 0.920 bits per heavy atom. The van der Waals surface area contributed by atoms with Crippen molar-refractivity contribution in [3.8, 4) is 0 Å². The molecule has 2 spiro atoms. The first kappa shape index (κ1) is 36.3. The number of nitrogens with zero attached hydrogens (tertiary/aromatic N) is 2. The molecule has 0 radical (unpaired) electrons. The van der Waals surface area contributed by atoms with E-state index in [1.54, 1.807) is 93.5 Å². The van der Waals surface area contributed by atoms with E-state index in [-0.39, 0.29) is 60.5 Å². The summed E-state index contributed by atoms with van der Waals surface area (Å²) in [5, 5.41) is 1.26. The van der Waals surface area contributed by atoms with Gasteiger partial charge in [0.1, 0.15) is 22.3 Å². The second-order valence-corrected chi connectivity index (χ2v) is 13.8. The minimum absolute atomic E-state index is 0.0327. The van der Waals surface area contributed by atoms with Gasteiger partial charge in [0.15, 0.2) is 0 Å². The molecule has 0 saturated heterocycles. The van der Waals surface area contributed by atoms with Crippen molar-refractivity contribution in [2.75, 3.05) is 26.4 Å². The van der Waals surface area contributed by atoms with Crippen LogP contribution in [0.5, 0.6) is 0 Å². The number of hydrogen-bond acceptors (Lipinski definition) is 12. The first-order valence-corrected chi connectivity index (χ1v) is 16.8. The van der Waals surface area contributed by atoms with Crippen molar-refractivity contribution in [2.24, 2.45) is 9.98 Å². The Labute approximate surface area is 291 Å². The minimum Gasteiger partial charge on any atom is -0.462 e. The largest absolute Gasteiger partial charge is 0.462 e. The zero-order chi connectivity index (χ0) is 36.8. The number of esters is 4. The normalized spacial score (nSPS) is 22.8. The highest BCUT2D eigenvalue weighted by Gasteiger charge is 2.77. The van der Waals surface area contributed by atoms with Crippen molar-refractivity contribution in [1.82, 2.24) is 0 Å². The fourth-order valence-electron chi connectivity index (χ4n) is 6.69. The maximum Gasteiger partial charge on any atom is 0.344 e. The molecule has 0 fully saturated rings. The van der Waals surface area contributed by atoms with Gasteiger partial charge in [-0.3, -0.25) is 0 Å². The Bertz CT molecular complexity index is 1770. The highest BCUT2D eigenvalue weighted by atomic mass is 16.6. The molecule has 0 aromatic heterocycles. The van der Waals surface area contributed by atoms with Gasteiger partial charge in [-0.05, 0) is 80.0 Å². The lowest BCUT2D eigenvalue weighted by Gasteiger charge is -2.42. The number of aliphatic imine (C=N–C) groups is 2. The maximum absolute atomic E-state index is 14.5. The second kappa shape index (κ2) is 13.0. The van der Waals surface area contributed by atoms with Crippen molar-refractivity contribution in [2.45, 2.75) is 91.5 Å². The molecule has 0 amide bonds. The van der Waals surface area contributed by atoms with Crippen molar-refractivity contribution in [3.63, 3.8) is 0 Å². The molecule has 2 heterocycles. The number of benzene rings is 2. The summed E-state index contributed by atoms with van der Waals surface area (Å²) >= 11 is 0. The predicted molar refractivity (Wildman–Crippen MR) is 184 cm³/mol. The van der Waals surface area contributed by atoms with Crippen LogP contribution < -0.4 is 0 Å². The summed E-state index contributed by atoms with van der Waals surface area (Å²) in [5.41, 5.74) is -6.59. The Morgan fingerprint density at radius 3 is 1.24 bits per heavy atom. The molecule has 2 atom stereocenters. The third-order valence-electron chi connectivity index (χ3n) is 8.08. The molecule has 50 heavy (non-hydrogen) atoms. The molecule has 0 N–H and O–H groups in total. The van der Waals surface area contributed by atoms with E-state index in [4.69, 9.17) is 38.4 Å². The van der Waals surface area contributed by atoms with Gasteiger partial charge in [0.25, 0.3) is 0 Å². The number of fused-ring (bicyclic) bond motifs is 3. The van der Waals surface area contributed by atoms with Gasteiger partial charge in [-0.25, -0.2) is 29.2 Å². The van der Waals surface area contributed by atoms with Crippen molar-refractivity contribution in [3.05, 3.63) is 69.8 Å². The van der Waals surface area contributed by atoms with Crippen LogP contribution in [-0.4, -0.2) is 73.2 Å². The molecule has 2 aromatic rings. The van der Waals surface area contributed by atoms with Crippen molar-refractivity contribution in [1.29, 1.82) is 0 Å². The summed E-state index contributed by atoms with van der Waals surface area (Å²) in [4.78, 5) is 66.7. The Kier molecular flexibility index (Phi) is 9.46. The molecule has 5 rings (SSSR count). The van der Waals surface area contributed by atoms with E-state index in [1.807, 2.05) is 12.1 Å². The first-order valence-electron chi connectivity index (χ1n) is 16.8. The van der Waals surface area contributed by atoms with E-state index in [2.05, 4.69) is 0 Å². The fraction of sp³-hybridized carbons (Fsp3) is 0.474. The number of ether oxygens (including phenoxy) is 6. The van der Waals surface area contributed by atoms with Gasteiger partial charge < -0.3 is 28.4 Å². The summed E-state index contributed by atoms with van der Waals surface area (Å²) < 4.78 is 36.3. The topological polar surface area (TPSA) is 148 Å². The van der Waals surface area contributed by atoms with Gasteiger partial charge in [0, 0.05) is 11.1 Å². The molecular weight excluding hydrogens is 644 g/mol. The molecule has 3 aliphatic rings. The SMILES string of the molecule is CCOC(=O)C1=C(C(=O)OCC)[C@@]2(OC1=NC(C)(C)C)c1cccc3cccc(c13)[C@@]21OC(=NC(C)(C)C)C(C(=O)OCC)=C1C(=O)OCC. The molecule has 2 aromatic carbocycles. The van der Waals surface area contributed by atoms with E-state index in [0.29, 0.717) is 21.9 Å². The van der Waals surface area contributed by atoms with E-state index in [1.165, 1.54) is 0 Å². The number of hydrogen-bond donors (Lipinski definition) is 0. The van der Waals surface area contributed by atoms with Gasteiger partial charge in [0.2, 0.25) is 23.0 Å². The molecular formula is C38H44N2O10. The van der Waals surface area contributed by atoms with Gasteiger partial charge in [-0.2, -0.15) is 0 Å². The maximum atomic E-state index is 14.5. The molecule has 12 nitrogen and oxygen atoms in total. The molecule has 1 aliphatic carbocycles. The highest BCUT2D eigenvalue weighted by Crippen LogP contribution is 2.67. The Balaban J connectivity index is 2.11. The number of rotatable bonds is 8. The van der Waals surface area contributed by atoms with Crippen LogP contribution >= 0.6 is 0 Å². The molecule has 0 bridgehead atoms. The van der Waals surface area contributed by atoms with Crippen LogP contribution in [0, 0.1) is 0 Å². The van der Waals surface area contributed by atoms with Crippen LogP contribution in [0.25, 0.3) is 10.8 Å². The monoisotopic (exact) mass is 688 g/mol. The zero-order valence-corrected chi connectivity index (χ0v) is 30.3. The van der Waals surface area contributed by atoms with Crippen LogP contribution in [0.4, 0.5) is 0 Å². The summed E-state index contributed by atoms with van der Waals surface area (Å²) in [5.74, 6) is -4.14. The molecule has 266 valence electrons. The average molecular weight is 689 g/mol. The quantitative estimate of drug-likeness (QED) is 0.256. The van der Waals surface area contributed by atoms with Crippen LogP contribution in [0.2, 0.25) is 0 Å². The summed E-state index contributed by atoms with van der Waals surface area (Å²) in [6.45, 7) is 17.1. The van der Waals surface area contributed by atoms with E-state index < -0.39 is 46.2 Å². The van der Waals surface area contributed by atoms with Gasteiger partial charge >= 0.3 is 23.9 Å². The van der Waals surface area contributed by atoms with E-state index in [0.717, 1.165) is 0 Å². The highest BCUT2D eigenvalue weighted by molar-refractivity contribution is 6.28.